The van der Waals surface area contributed by atoms with Gasteiger partial charge in [0.25, 0.3) is 0 Å². The van der Waals surface area contributed by atoms with Crippen molar-refractivity contribution in [3.8, 4) is 0 Å². The van der Waals surface area contributed by atoms with Crippen molar-refractivity contribution < 1.29 is 9.90 Å². The molecule has 1 heterocycles. The Labute approximate surface area is 91.9 Å². The fourth-order valence-corrected chi connectivity index (χ4v) is 1.99. The zero-order valence-electron chi connectivity index (χ0n) is 9.78. The zero-order chi connectivity index (χ0) is 11.3. The van der Waals surface area contributed by atoms with Crippen LogP contribution in [0.1, 0.15) is 26.7 Å². The summed E-state index contributed by atoms with van der Waals surface area (Å²) in [6.45, 7) is 8.76. The molecule has 1 amide bonds. The number of rotatable bonds is 6. The molecule has 1 aliphatic rings. The van der Waals surface area contributed by atoms with E-state index in [-0.39, 0.29) is 5.91 Å². The number of hydrogen-bond acceptors (Lipinski definition) is 3. The first-order chi connectivity index (χ1) is 7.17. The van der Waals surface area contributed by atoms with Gasteiger partial charge < -0.3 is 14.9 Å². The average Bonchev–Trinajstić information content (AvgIpc) is 2.52. The van der Waals surface area contributed by atoms with Crippen LogP contribution in [0.3, 0.4) is 0 Å². The molecule has 4 nitrogen and oxygen atoms in total. The van der Waals surface area contributed by atoms with Crippen LogP contribution in [0.25, 0.3) is 0 Å². The van der Waals surface area contributed by atoms with Crippen LogP contribution < -0.4 is 0 Å². The summed E-state index contributed by atoms with van der Waals surface area (Å²) in [5.41, 5.74) is 0. The van der Waals surface area contributed by atoms with Crippen LogP contribution >= 0.6 is 0 Å². The first-order valence-corrected chi connectivity index (χ1v) is 5.85. The van der Waals surface area contributed by atoms with Gasteiger partial charge in [0.05, 0.1) is 12.5 Å². The van der Waals surface area contributed by atoms with Gasteiger partial charge in [-0.25, -0.2) is 0 Å². The molecule has 0 spiro atoms. The van der Waals surface area contributed by atoms with Crippen molar-refractivity contribution in [2.24, 2.45) is 0 Å². The molecule has 0 aromatic rings. The highest BCUT2D eigenvalue weighted by atomic mass is 16.3. The molecule has 1 aliphatic heterocycles. The smallest absolute Gasteiger partial charge is 0.225 e. The van der Waals surface area contributed by atoms with Gasteiger partial charge in [-0.15, -0.1) is 0 Å². The summed E-state index contributed by atoms with van der Waals surface area (Å²) in [6.07, 6.45) is 0.872. The molecule has 1 unspecified atom stereocenters. The lowest BCUT2D eigenvalue weighted by molar-refractivity contribution is -0.127. The second-order valence-electron chi connectivity index (χ2n) is 4.08. The third-order valence-corrected chi connectivity index (χ3v) is 2.99. The Kier molecular flexibility index (Phi) is 5.05. The Balaban J connectivity index is 2.17. The van der Waals surface area contributed by atoms with Crippen molar-refractivity contribution in [1.29, 1.82) is 0 Å². The summed E-state index contributed by atoms with van der Waals surface area (Å²) >= 11 is 0. The van der Waals surface area contributed by atoms with E-state index in [1.807, 2.05) is 0 Å². The molecule has 0 aliphatic carbocycles. The van der Waals surface area contributed by atoms with E-state index in [9.17, 15) is 9.90 Å². The van der Waals surface area contributed by atoms with Crippen LogP contribution in [0.4, 0.5) is 0 Å². The van der Waals surface area contributed by atoms with Gasteiger partial charge >= 0.3 is 0 Å². The SMILES string of the molecule is CCN(CC)CCCN1CC(O)CC1=O. The van der Waals surface area contributed by atoms with E-state index in [1.165, 1.54) is 0 Å². The molecule has 1 rings (SSSR count). The molecule has 1 N–H and O–H groups in total. The lowest BCUT2D eigenvalue weighted by atomic mass is 10.3. The van der Waals surface area contributed by atoms with Gasteiger partial charge in [-0.3, -0.25) is 4.79 Å². The minimum absolute atomic E-state index is 0.0991. The first kappa shape index (κ1) is 12.5. The van der Waals surface area contributed by atoms with Crippen LogP contribution in [0.15, 0.2) is 0 Å². The molecule has 15 heavy (non-hydrogen) atoms. The van der Waals surface area contributed by atoms with E-state index < -0.39 is 6.10 Å². The Morgan fingerprint density at radius 2 is 2.13 bits per heavy atom. The standard InChI is InChI=1S/C11H22N2O2/c1-3-12(4-2)6-5-7-13-9-10(14)8-11(13)15/h10,14H,3-9H2,1-2H3. The highest BCUT2D eigenvalue weighted by molar-refractivity contribution is 5.78. The molecule has 0 bridgehead atoms. The molecule has 0 aromatic heterocycles. The predicted molar refractivity (Wildman–Crippen MR) is 59.6 cm³/mol. The monoisotopic (exact) mass is 214 g/mol. The number of aliphatic hydroxyl groups excluding tert-OH is 1. The summed E-state index contributed by atoms with van der Waals surface area (Å²) < 4.78 is 0. The largest absolute Gasteiger partial charge is 0.391 e. The molecule has 0 aromatic carbocycles. The number of carbonyl (C=O) groups excluding carboxylic acids is 1. The number of β-amino-alcohol motifs (C(OH)–C–C–N with tert-alkyl or cyclic N) is 1. The molecule has 88 valence electrons. The zero-order valence-corrected chi connectivity index (χ0v) is 9.78. The number of aliphatic hydroxyl groups is 1. The molecular weight excluding hydrogens is 192 g/mol. The van der Waals surface area contributed by atoms with Gasteiger partial charge in [-0.05, 0) is 26.1 Å². The van der Waals surface area contributed by atoms with Crippen molar-refractivity contribution in [3.05, 3.63) is 0 Å². The highest BCUT2D eigenvalue weighted by Gasteiger charge is 2.27. The summed E-state index contributed by atoms with van der Waals surface area (Å²) in [4.78, 5) is 15.5. The Hall–Kier alpha value is -0.610. The summed E-state index contributed by atoms with van der Waals surface area (Å²) in [5, 5.41) is 9.30. The molecule has 0 radical (unpaired) electrons. The van der Waals surface area contributed by atoms with E-state index in [0.717, 1.165) is 32.6 Å². The topological polar surface area (TPSA) is 43.8 Å². The minimum atomic E-state index is -0.439. The minimum Gasteiger partial charge on any atom is -0.391 e. The number of carbonyl (C=O) groups is 1. The number of hydrogen-bond donors (Lipinski definition) is 1. The van der Waals surface area contributed by atoms with Crippen molar-refractivity contribution >= 4 is 5.91 Å². The molecule has 1 atom stereocenters. The second-order valence-corrected chi connectivity index (χ2v) is 4.08. The Bertz CT molecular complexity index is 205. The molecule has 4 heteroatoms. The number of nitrogens with zero attached hydrogens (tertiary/aromatic N) is 2. The fourth-order valence-electron chi connectivity index (χ4n) is 1.99. The fraction of sp³-hybridized carbons (Fsp3) is 0.909. The van der Waals surface area contributed by atoms with E-state index in [1.54, 1.807) is 4.90 Å². The summed E-state index contributed by atoms with van der Waals surface area (Å²) in [7, 11) is 0. The predicted octanol–water partition coefficient (Wildman–Crippen LogP) is 0.311. The van der Waals surface area contributed by atoms with Gasteiger partial charge in [-0.2, -0.15) is 0 Å². The lowest BCUT2D eigenvalue weighted by Gasteiger charge is -2.20. The normalized spacial score (nSPS) is 21.7. The van der Waals surface area contributed by atoms with Gasteiger partial charge in [0.2, 0.25) is 5.91 Å². The van der Waals surface area contributed by atoms with Crippen molar-refractivity contribution in [2.45, 2.75) is 32.8 Å². The van der Waals surface area contributed by atoms with Crippen molar-refractivity contribution in [1.82, 2.24) is 9.80 Å². The van der Waals surface area contributed by atoms with Crippen LogP contribution in [-0.2, 0) is 4.79 Å². The maximum Gasteiger partial charge on any atom is 0.225 e. The van der Waals surface area contributed by atoms with Crippen LogP contribution in [0, 0.1) is 0 Å². The lowest BCUT2D eigenvalue weighted by Crippen LogP contribution is -2.31. The molecule has 1 fully saturated rings. The quantitative estimate of drug-likeness (QED) is 0.692. The molecular formula is C11H22N2O2. The molecule has 1 saturated heterocycles. The van der Waals surface area contributed by atoms with Gasteiger partial charge in [-0.1, -0.05) is 13.8 Å². The van der Waals surface area contributed by atoms with Gasteiger partial charge in [0.1, 0.15) is 0 Å². The Morgan fingerprint density at radius 1 is 1.47 bits per heavy atom. The van der Waals surface area contributed by atoms with Gasteiger partial charge in [0, 0.05) is 13.1 Å². The third-order valence-electron chi connectivity index (χ3n) is 2.99. The van der Waals surface area contributed by atoms with Crippen molar-refractivity contribution in [2.75, 3.05) is 32.7 Å². The maximum atomic E-state index is 11.4. The maximum absolute atomic E-state index is 11.4. The average molecular weight is 214 g/mol. The number of amides is 1. The van der Waals surface area contributed by atoms with Crippen LogP contribution in [-0.4, -0.2) is 59.6 Å². The number of likely N-dealkylation sites (tertiary alicyclic amines) is 1. The highest BCUT2D eigenvalue weighted by Crippen LogP contribution is 2.10. The van der Waals surface area contributed by atoms with Crippen molar-refractivity contribution in [3.63, 3.8) is 0 Å². The van der Waals surface area contributed by atoms with E-state index in [4.69, 9.17) is 0 Å². The van der Waals surface area contributed by atoms with E-state index >= 15 is 0 Å². The first-order valence-electron chi connectivity index (χ1n) is 5.85. The van der Waals surface area contributed by atoms with E-state index in [2.05, 4.69) is 18.7 Å². The Morgan fingerprint density at radius 3 is 2.60 bits per heavy atom. The van der Waals surface area contributed by atoms with Crippen LogP contribution in [0.2, 0.25) is 0 Å². The third kappa shape index (κ3) is 3.80. The van der Waals surface area contributed by atoms with Crippen LogP contribution in [0.5, 0.6) is 0 Å². The van der Waals surface area contributed by atoms with Gasteiger partial charge in [0.15, 0.2) is 0 Å². The van der Waals surface area contributed by atoms with E-state index in [0.29, 0.717) is 13.0 Å². The summed E-state index contributed by atoms with van der Waals surface area (Å²) in [6, 6.07) is 0. The second kappa shape index (κ2) is 6.08. The summed E-state index contributed by atoms with van der Waals surface area (Å²) in [5.74, 6) is 0.0991. The molecule has 0 saturated carbocycles.